The van der Waals surface area contributed by atoms with Gasteiger partial charge in [-0.3, -0.25) is 15.0 Å². The van der Waals surface area contributed by atoms with Gasteiger partial charge in [0.1, 0.15) is 0 Å². The maximum Gasteiger partial charge on any atom is 0.274 e. The molecule has 0 aromatic heterocycles. The van der Waals surface area contributed by atoms with Crippen LogP contribution >= 0.6 is 22.6 Å². The Hall–Kier alpha value is -2.07. The topological polar surface area (TPSA) is 77.0 Å². The average molecular weight is 572 g/mol. The van der Waals surface area contributed by atoms with E-state index >= 15 is 0 Å². The molecule has 0 bridgehead atoms. The molecule has 180 valence electrons. The van der Waals surface area contributed by atoms with Crippen LogP contribution in [0.15, 0.2) is 57.6 Å². The van der Waals surface area contributed by atoms with E-state index in [1.807, 2.05) is 18.3 Å². The minimum absolute atomic E-state index is 0.470. The van der Waals surface area contributed by atoms with Gasteiger partial charge in [0.15, 0.2) is 0 Å². The molecular weight excluding hydrogens is 539 g/mol. The summed E-state index contributed by atoms with van der Waals surface area (Å²) in [6, 6.07) is 17.0. The van der Waals surface area contributed by atoms with Gasteiger partial charge >= 0.3 is 0 Å². The molecule has 3 N–H and O–H groups in total. The Balaban J connectivity index is 1.10. The zero-order valence-electron chi connectivity index (χ0n) is 19.6. The van der Waals surface area contributed by atoms with Crippen molar-refractivity contribution in [3.05, 3.63) is 74.9 Å². The lowest BCUT2D eigenvalue weighted by atomic mass is 9.99. The Morgan fingerprint density at radius 3 is 2.50 bits per heavy atom. The molecule has 2 aromatic carbocycles. The van der Waals surface area contributed by atoms with Gasteiger partial charge in [0, 0.05) is 56.0 Å². The van der Waals surface area contributed by atoms with E-state index in [-0.39, 0.29) is 0 Å². The molecule has 1 saturated carbocycles. The first kappa shape index (κ1) is 25.0. The molecule has 1 aliphatic heterocycles. The monoisotopic (exact) mass is 572 g/mol. The number of hydrogen-bond donors (Lipinski definition) is 3. The van der Waals surface area contributed by atoms with E-state index in [2.05, 4.69) is 66.1 Å². The van der Waals surface area contributed by atoms with E-state index in [1.54, 1.807) is 24.7 Å². The number of nitrogens with zero attached hydrogens (tertiary/aromatic N) is 2. The molecule has 1 amide bonds. The number of halogens is 1. The van der Waals surface area contributed by atoms with Crippen molar-refractivity contribution in [1.29, 1.82) is 0 Å². The molecule has 4 rings (SSSR count). The van der Waals surface area contributed by atoms with Crippen molar-refractivity contribution < 1.29 is 10.0 Å². The quantitative estimate of drug-likeness (QED) is 0.163. The molecule has 1 heterocycles. The highest BCUT2D eigenvalue weighted by molar-refractivity contribution is 14.1. The zero-order chi connectivity index (χ0) is 23.9. The van der Waals surface area contributed by atoms with E-state index < -0.39 is 5.91 Å². The zero-order valence-corrected chi connectivity index (χ0v) is 21.7. The lowest BCUT2D eigenvalue weighted by Gasteiger charge is -2.39. The van der Waals surface area contributed by atoms with Gasteiger partial charge < -0.3 is 10.2 Å². The standard InChI is InChI=1S/C27H33IN4O2/c1-29-16-24(14-28)21-8-10-22(11-9-21)25-13-26(25)30-15-20-17-32(18-20)12-2-3-19-4-6-23(7-5-19)27(33)31-34/h4-11,14,16,20,25-26,30,34H,2-3,12-13,15,17-18H2,1H3,(H,31,33)/b24-14+,29-16-. The lowest BCUT2D eigenvalue weighted by molar-refractivity contribution is 0.0706. The first-order chi connectivity index (χ1) is 16.6. The summed E-state index contributed by atoms with van der Waals surface area (Å²) in [6.07, 6.45) is 5.26. The van der Waals surface area contributed by atoms with Gasteiger partial charge in [-0.15, -0.1) is 0 Å². The van der Waals surface area contributed by atoms with Crippen molar-refractivity contribution in [2.75, 3.05) is 33.2 Å². The number of likely N-dealkylation sites (tertiary alicyclic amines) is 1. The van der Waals surface area contributed by atoms with Gasteiger partial charge in [-0.05, 0) is 64.6 Å². The number of carbonyl (C=O) groups is 1. The smallest absolute Gasteiger partial charge is 0.274 e. The fourth-order valence-electron chi connectivity index (χ4n) is 4.72. The van der Waals surface area contributed by atoms with Crippen molar-refractivity contribution in [1.82, 2.24) is 15.7 Å². The molecule has 6 nitrogen and oxygen atoms in total. The molecule has 1 saturated heterocycles. The second-order valence-electron chi connectivity index (χ2n) is 9.30. The predicted molar refractivity (Wildman–Crippen MR) is 146 cm³/mol. The normalized spacial score (nSPS) is 21.0. The van der Waals surface area contributed by atoms with E-state index in [1.165, 1.54) is 36.2 Å². The molecule has 0 spiro atoms. The summed E-state index contributed by atoms with van der Waals surface area (Å²) in [5.74, 6) is 0.930. The highest BCUT2D eigenvalue weighted by atomic mass is 127. The van der Waals surface area contributed by atoms with Crippen LogP contribution in [0.2, 0.25) is 0 Å². The maximum absolute atomic E-state index is 11.4. The molecule has 2 fully saturated rings. The van der Waals surface area contributed by atoms with Crippen molar-refractivity contribution in [3.63, 3.8) is 0 Å². The number of rotatable bonds is 11. The Labute approximate surface area is 215 Å². The van der Waals surface area contributed by atoms with Gasteiger partial charge in [-0.2, -0.15) is 0 Å². The van der Waals surface area contributed by atoms with Crippen LogP contribution < -0.4 is 10.8 Å². The minimum Gasteiger partial charge on any atom is -0.313 e. The van der Waals surface area contributed by atoms with Gasteiger partial charge in [-0.25, -0.2) is 5.48 Å². The van der Waals surface area contributed by atoms with E-state index in [0.717, 1.165) is 37.4 Å². The minimum atomic E-state index is -0.470. The number of allylic oxidation sites excluding steroid dienone is 1. The average Bonchev–Trinajstić information content (AvgIpc) is 3.63. The van der Waals surface area contributed by atoms with Crippen LogP contribution in [-0.2, 0) is 6.42 Å². The van der Waals surface area contributed by atoms with Gasteiger partial charge in [-0.1, -0.05) is 59.0 Å². The second-order valence-corrected chi connectivity index (χ2v) is 9.92. The second kappa shape index (κ2) is 12.1. The number of aryl methyl sites for hydroxylation is 1. The Kier molecular flexibility index (Phi) is 8.88. The highest BCUT2D eigenvalue weighted by Crippen LogP contribution is 2.41. The molecule has 2 atom stereocenters. The van der Waals surface area contributed by atoms with Gasteiger partial charge in [0.2, 0.25) is 0 Å². The number of nitrogens with one attached hydrogen (secondary N) is 2. The maximum atomic E-state index is 11.4. The summed E-state index contributed by atoms with van der Waals surface area (Å²) in [5, 5.41) is 12.5. The molecule has 1 aliphatic carbocycles. The van der Waals surface area contributed by atoms with Gasteiger partial charge in [0.05, 0.1) is 0 Å². The van der Waals surface area contributed by atoms with E-state index in [0.29, 0.717) is 17.5 Å². The number of hydrogen-bond acceptors (Lipinski definition) is 5. The van der Waals surface area contributed by atoms with E-state index in [9.17, 15) is 4.79 Å². The van der Waals surface area contributed by atoms with Crippen molar-refractivity contribution in [3.8, 4) is 0 Å². The van der Waals surface area contributed by atoms with Crippen LogP contribution in [0, 0.1) is 5.92 Å². The van der Waals surface area contributed by atoms with Crippen LogP contribution in [0.25, 0.3) is 5.57 Å². The van der Waals surface area contributed by atoms with Crippen LogP contribution in [0.1, 0.15) is 45.8 Å². The third-order valence-corrected chi connectivity index (χ3v) is 7.48. The summed E-state index contributed by atoms with van der Waals surface area (Å²) in [6.45, 7) is 4.58. The first-order valence-corrected chi connectivity index (χ1v) is 13.2. The number of benzene rings is 2. The molecule has 2 aliphatic rings. The lowest BCUT2D eigenvalue weighted by Crippen LogP contribution is -2.51. The Morgan fingerprint density at radius 1 is 1.15 bits per heavy atom. The molecule has 0 radical (unpaired) electrons. The SMILES string of the molecule is C/N=C\C(=C/I)c1ccc(C2CC2NCC2CN(CCCc3ccc(C(=O)NO)cc3)C2)cc1. The fourth-order valence-corrected chi connectivity index (χ4v) is 5.24. The predicted octanol–water partition coefficient (Wildman–Crippen LogP) is 4.29. The molecule has 34 heavy (non-hydrogen) atoms. The van der Waals surface area contributed by atoms with Crippen molar-refractivity contribution in [2.24, 2.45) is 10.9 Å². The molecule has 2 unspecified atom stereocenters. The first-order valence-electron chi connectivity index (χ1n) is 11.9. The van der Waals surface area contributed by atoms with Crippen molar-refractivity contribution in [2.45, 2.75) is 31.2 Å². The number of hydroxylamine groups is 1. The molecular formula is C27H33IN4O2. The van der Waals surface area contributed by atoms with Gasteiger partial charge in [0.25, 0.3) is 5.91 Å². The fraction of sp³-hybridized carbons (Fsp3) is 0.407. The largest absolute Gasteiger partial charge is 0.313 e. The molecule has 2 aromatic rings. The highest BCUT2D eigenvalue weighted by Gasteiger charge is 2.39. The van der Waals surface area contributed by atoms with E-state index in [4.69, 9.17) is 5.21 Å². The van der Waals surface area contributed by atoms with Crippen LogP contribution in [-0.4, -0.2) is 61.5 Å². The van der Waals surface area contributed by atoms with Crippen LogP contribution in [0.4, 0.5) is 0 Å². The van der Waals surface area contributed by atoms with Crippen LogP contribution in [0.3, 0.4) is 0 Å². The summed E-state index contributed by atoms with van der Waals surface area (Å²) in [5.41, 5.74) is 7.17. The summed E-state index contributed by atoms with van der Waals surface area (Å²) >= 11 is 2.27. The van der Waals surface area contributed by atoms with Crippen LogP contribution in [0.5, 0.6) is 0 Å². The summed E-state index contributed by atoms with van der Waals surface area (Å²) < 4.78 is 2.07. The van der Waals surface area contributed by atoms with Crippen molar-refractivity contribution >= 4 is 40.3 Å². The molecule has 7 heteroatoms. The number of aliphatic imine (C=N–C) groups is 1. The third kappa shape index (κ3) is 6.53. The number of carbonyl (C=O) groups excluding carboxylic acids is 1. The Bertz CT molecular complexity index is 1010. The summed E-state index contributed by atoms with van der Waals surface area (Å²) in [4.78, 5) is 18.0. The number of amides is 1. The summed E-state index contributed by atoms with van der Waals surface area (Å²) in [7, 11) is 1.81. The Morgan fingerprint density at radius 2 is 1.85 bits per heavy atom. The third-order valence-electron chi connectivity index (χ3n) is 6.81.